The fraction of sp³-hybridized carbons (Fsp3) is 0.211. The molecule has 3 rings (SSSR count). The van der Waals surface area contributed by atoms with Crippen LogP contribution < -0.4 is 9.47 Å². The summed E-state index contributed by atoms with van der Waals surface area (Å²) >= 11 is 0. The number of methoxy groups -OCH3 is 2. The van der Waals surface area contributed by atoms with Crippen LogP contribution in [0.1, 0.15) is 16.7 Å². The van der Waals surface area contributed by atoms with Crippen molar-refractivity contribution in [2.45, 2.75) is 13.0 Å². The summed E-state index contributed by atoms with van der Waals surface area (Å²) in [5.41, 5.74) is 2.52. The summed E-state index contributed by atoms with van der Waals surface area (Å²) in [5.74, 6) is 0.848. The number of rotatable bonds is 4. The number of amides is 1. The zero-order chi connectivity index (χ0) is 17.1. The molecule has 0 N–H and O–H groups in total. The number of halogens is 1. The fourth-order valence-electron chi connectivity index (χ4n) is 2.74. The molecular formula is C19H18FNO3. The minimum absolute atomic E-state index is 0.0542. The van der Waals surface area contributed by atoms with E-state index in [0.717, 1.165) is 16.7 Å². The normalized spacial score (nSPS) is 13.5. The van der Waals surface area contributed by atoms with E-state index in [2.05, 4.69) is 0 Å². The Kier molecular flexibility index (Phi) is 4.51. The number of carbonyl (C=O) groups excluding carboxylic acids is 1. The molecule has 0 atom stereocenters. The van der Waals surface area contributed by atoms with Gasteiger partial charge in [0.25, 0.3) is 0 Å². The van der Waals surface area contributed by atoms with Crippen molar-refractivity contribution in [1.82, 2.24) is 4.90 Å². The Morgan fingerprint density at radius 1 is 1.12 bits per heavy atom. The quantitative estimate of drug-likeness (QED) is 0.864. The van der Waals surface area contributed by atoms with Crippen molar-refractivity contribution in [3.05, 3.63) is 65.1 Å². The lowest BCUT2D eigenvalue weighted by atomic mass is 10.0. The number of carbonyl (C=O) groups is 1. The van der Waals surface area contributed by atoms with Gasteiger partial charge < -0.3 is 14.4 Å². The predicted molar refractivity (Wildman–Crippen MR) is 89.2 cm³/mol. The first-order valence-corrected chi connectivity index (χ1v) is 7.57. The molecule has 4 nitrogen and oxygen atoms in total. The van der Waals surface area contributed by atoms with Crippen molar-refractivity contribution < 1.29 is 18.7 Å². The summed E-state index contributed by atoms with van der Waals surface area (Å²) in [6.45, 7) is 0.329. The lowest BCUT2D eigenvalue weighted by Gasteiger charge is -2.17. The predicted octanol–water partition coefficient (Wildman–Crippen LogP) is 3.40. The molecular weight excluding hydrogens is 309 g/mol. The van der Waals surface area contributed by atoms with Crippen LogP contribution in [-0.2, 0) is 17.8 Å². The number of ether oxygens (including phenoxy) is 2. The van der Waals surface area contributed by atoms with Gasteiger partial charge in [0.15, 0.2) is 11.5 Å². The molecule has 1 aliphatic heterocycles. The van der Waals surface area contributed by atoms with Crippen LogP contribution in [0.4, 0.5) is 4.39 Å². The largest absolute Gasteiger partial charge is 0.493 e. The van der Waals surface area contributed by atoms with Crippen molar-refractivity contribution >= 4 is 12.0 Å². The van der Waals surface area contributed by atoms with Gasteiger partial charge in [-0.05, 0) is 47.0 Å². The molecule has 124 valence electrons. The van der Waals surface area contributed by atoms with E-state index in [1.807, 2.05) is 18.2 Å². The molecule has 0 aromatic heterocycles. The van der Waals surface area contributed by atoms with E-state index in [-0.39, 0.29) is 18.1 Å². The monoisotopic (exact) mass is 327 g/mol. The number of fused-ring (bicyclic) bond motifs is 1. The lowest BCUT2D eigenvalue weighted by molar-refractivity contribution is -0.128. The summed E-state index contributed by atoms with van der Waals surface area (Å²) in [4.78, 5) is 14.1. The molecule has 5 heteroatoms. The number of benzene rings is 2. The average molecular weight is 327 g/mol. The van der Waals surface area contributed by atoms with Gasteiger partial charge in [-0.3, -0.25) is 4.79 Å². The van der Waals surface area contributed by atoms with E-state index >= 15 is 0 Å². The van der Waals surface area contributed by atoms with Gasteiger partial charge in [0.1, 0.15) is 5.82 Å². The SMILES string of the molecule is COc1cc2c(cc1OC)CC(=O)N(Cc1cccc(F)c1)C=C2. The highest BCUT2D eigenvalue weighted by atomic mass is 19.1. The lowest BCUT2D eigenvalue weighted by Crippen LogP contribution is -2.25. The molecule has 24 heavy (non-hydrogen) atoms. The van der Waals surface area contributed by atoms with Gasteiger partial charge in [0.05, 0.1) is 27.2 Å². The van der Waals surface area contributed by atoms with Gasteiger partial charge in [0, 0.05) is 6.20 Å². The first-order valence-electron chi connectivity index (χ1n) is 7.57. The van der Waals surface area contributed by atoms with Crippen LogP contribution >= 0.6 is 0 Å². The third-order valence-electron chi connectivity index (χ3n) is 3.98. The van der Waals surface area contributed by atoms with Gasteiger partial charge in [-0.15, -0.1) is 0 Å². The van der Waals surface area contributed by atoms with Crippen LogP contribution in [-0.4, -0.2) is 25.0 Å². The molecule has 0 radical (unpaired) electrons. The zero-order valence-electron chi connectivity index (χ0n) is 13.6. The summed E-state index contributed by atoms with van der Waals surface area (Å²) < 4.78 is 23.9. The highest BCUT2D eigenvalue weighted by Gasteiger charge is 2.19. The van der Waals surface area contributed by atoms with E-state index in [1.54, 1.807) is 37.5 Å². The maximum absolute atomic E-state index is 13.3. The molecule has 1 amide bonds. The molecule has 0 bridgehead atoms. The second-order valence-electron chi connectivity index (χ2n) is 5.55. The summed E-state index contributed by atoms with van der Waals surface area (Å²) in [6, 6.07) is 9.93. The Morgan fingerprint density at radius 3 is 2.58 bits per heavy atom. The van der Waals surface area contributed by atoms with Crippen LogP contribution in [0.2, 0.25) is 0 Å². The van der Waals surface area contributed by atoms with Crippen molar-refractivity contribution in [3.63, 3.8) is 0 Å². The first-order chi connectivity index (χ1) is 11.6. The van der Waals surface area contributed by atoms with Gasteiger partial charge >= 0.3 is 0 Å². The van der Waals surface area contributed by atoms with Crippen molar-refractivity contribution in [1.29, 1.82) is 0 Å². The highest BCUT2D eigenvalue weighted by Crippen LogP contribution is 2.32. The zero-order valence-corrected chi connectivity index (χ0v) is 13.6. The Bertz CT molecular complexity index is 801. The third-order valence-corrected chi connectivity index (χ3v) is 3.98. The van der Waals surface area contributed by atoms with Crippen LogP contribution in [0.3, 0.4) is 0 Å². The average Bonchev–Trinajstić information content (AvgIpc) is 2.72. The summed E-state index contributed by atoms with van der Waals surface area (Å²) in [7, 11) is 3.14. The minimum Gasteiger partial charge on any atom is -0.493 e. The van der Waals surface area contributed by atoms with Gasteiger partial charge in [-0.2, -0.15) is 0 Å². The van der Waals surface area contributed by atoms with E-state index in [1.165, 1.54) is 12.1 Å². The highest BCUT2D eigenvalue weighted by molar-refractivity contribution is 5.84. The van der Waals surface area contributed by atoms with Gasteiger partial charge in [0.2, 0.25) is 5.91 Å². The van der Waals surface area contributed by atoms with Crippen LogP contribution in [0.15, 0.2) is 42.6 Å². The maximum Gasteiger partial charge on any atom is 0.231 e. The van der Waals surface area contributed by atoms with E-state index in [0.29, 0.717) is 18.0 Å². The van der Waals surface area contributed by atoms with Crippen molar-refractivity contribution in [2.75, 3.05) is 14.2 Å². The molecule has 0 unspecified atom stereocenters. The standard InChI is InChI=1S/C19H18FNO3/c1-23-17-9-14-6-7-21(12-13-4-3-5-16(20)8-13)19(22)11-15(14)10-18(17)24-2/h3-10H,11-12H2,1-2H3. The second-order valence-corrected chi connectivity index (χ2v) is 5.55. The molecule has 0 fully saturated rings. The molecule has 0 saturated heterocycles. The number of hydrogen-bond donors (Lipinski definition) is 0. The Morgan fingerprint density at radius 2 is 1.88 bits per heavy atom. The molecule has 2 aromatic carbocycles. The van der Waals surface area contributed by atoms with E-state index in [9.17, 15) is 9.18 Å². The Labute approximate surface area is 140 Å². The number of nitrogens with zero attached hydrogens (tertiary/aromatic N) is 1. The van der Waals surface area contributed by atoms with Crippen LogP contribution in [0.5, 0.6) is 11.5 Å². The molecule has 0 spiro atoms. The van der Waals surface area contributed by atoms with Crippen LogP contribution in [0, 0.1) is 5.82 Å². The molecule has 0 aliphatic carbocycles. The topological polar surface area (TPSA) is 38.8 Å². The fourth-order valence-corrected chi connectivity index (χ4v) is 2.74. The van der Waals surface area contributed by atoms with E-state index in [4.69, 9.17) is 9.47 Å². The maximum atomic E-state index is 13.3. The van der Waals surface area contributed by atoms with Crippen molar-refractivity contribution in [3.8, 4) is 11.5 Å². The Hall–Kier alpha value is -2.82. The number of hydrogen-bond acceptors (Lipinski definition) is 3. The van der Waals surface area contributed by atoms with Crippen molar-refractivity contribution in [2.24, 2.45) is 0 Å². The summed E-state index contributed by atoms with van der Waals surface area (Å²) in [5, 5.41) is 0. The Balaban J connectivity index is 1.88. The van der Waals surface area contributed by atoms with Gasteiger partial charge in [-0.25, -0.2) is 4.39 Å². The molecule has 0 saturated carbocycles. The molecule has 2 aromatic rings. The van der Waals surface area contributed by atoms with Gasteiger partial charge in [-0.1, -0.05) is 12.1 Å². The van der Waals surface area contributed by atoms with E-state index < -0.39 is 0 Å². The molecule has 1 aliphatic rings. The molecule has 1 heterocycles. The minimum atomic E-state index is -0.309. The third kappa shape index (κ3) is 3.25. The first kappa shape index (κ1) is 16.1. The summed E-state index contributed by atoms with van der Waals surface area (Å²) in [6.07, 6.45) is 3.84. The second kappa shape index (κ2) is 6.74. The smallest absolute Gasteiger partial charge is 0.231 e. The van der Waals surface area contributed by atoms with Crippen LogP contribution in [0.25, 0.3) is 6.08 Å².